The topological polar surface area (TPSA) is 50.2 Å². The number of aromatic nitrogens is 2. The fraction of sp³-hybridized carbons (Fsp3) is 0.692. The lowest BCUT2D eigenvalue weighted by Gasteiger charge is -2.29. The molecule has 0 radical (unpaired) electrons. The van der Waals surface area contributed by atoms with Crippen LogP contribution in [0, 0.1) is 0 Å². The number of rotatable bonds is 5. The van der Waals surface area contributed by atoms with Crippen molar-refractivity contribution in [3.63, 3.8) is 0 Å². The van der Waals surface area contributed by atoms with Gasteiger partial charge in [-0.2, -0.15) is 5.10 Å². The van der Waals surface area contributed by atoms with Crippen LogP contribution >= 0.6 is 11.6 Å². The van der Waals surface area contributed by atoms with Crippen molar-refractivity contribution < 1.29 is 0 Å². The predicted molar refractivity (Wildman–Crippen MR) is 78.1 cm³/mol. The maximum absolute atomic E-state index is 12.1. The Bertz CT molecular complexity index is 482. The molecule has 1 atom stereocenters. The van der Waals surface area contributed by atoms with Crippen molar-refractivity contribution in [2.75, 3.05) is 24.5 Å². The third-order valence-electron chi connectivity index (χ3n) is 3.53. The van der Waals surface area contributed by atoms with Gasteiger partial charge in [-0.25, -0.2) is 4.68 Å². The summed E-state index contributed by atoms with van der Waals surface area (Å²) in [4.78, 5) is 14.3. The second-order valence-electron chi connectivity index (χ2n) is 4.80. The van der Waals surface area contributed by atoms with Gasteiger partial charge in [0.05, 0.1) is 11.9 Å². The van der Waals surface area contributed by atoms with Crippen molar-refractivity contribution in [1.82, 2.24) is 15.1 Å². The van der Waals surface area contributed by atoms with Crippen molar-refractivity contribution in [2.45, 2.75) is 39.3 Å². The van der Waals surface area contributed by atoms with Crippen LogP contribution in [0.1, 0.15) is 26.7 Å². The first kappa shape index (κ1) is 14.3. The molecule has 1 aliphatic heterocycles. The zero-order valence-electron chi connectivity index (χ0n) is 11.5. The van der Waals surface area contributed by atoms with Crippen LogP contribution < -0.4 is 15.8 Å². The normalized spacial score (nSPS) is 18.8. The van der Waals surface area contributed by atoms with Crippen molar-refractivity contribution in [3.05, 3.63) is 21.6 Å². The van der Waals surface area contributed by atoms with Gasteiger partial charge < -0.3 is 10.2 Å². The number of nitrogens with zero attached hydrogens (tertiary/aromatic N) is 3. The van der Waals surface area contributed by atoms with Crippen molar-refractivity contribution in [1.29, 1.82) is 0 Å². The number of hydrogen-bond acceptors (Lipinski definition) is 4. The quantitative estimate of drug-likeness (QED) is 0.890. The van der Waals surface area contributed by atoms with Crippen LogP contribution in [-0.2, 0) is 6.54 Å². The van der Waals surface area contributed by atoms with E-state index in [0.717, 1.165) is 38.2 Å². The van der Waals surface area contributed by atoms with Crippen LogP contribution in [-0.4, -0.2) is 35.5 Å². The molecular formula is C13H21ClN4O. The van der Waals surface area contributed by atoms with E-state index in [1.54, 1.807) is 6.20 Å². The third kappa shape index (κ3) is 2.92. The van der Waals surface area contributed by atoms with E-state index in [1.807, 2.05) is 6.92 Å². The van der Waals surface area contributed by atoms with Gasteiger partial charge in [-0.1, -0.05) is 18.5 Å². The molecule has 0 saturated carbocycles. The molecule has 0 amide bonds. The highest BCUT2D eigenvalue weighted by atomic mass is 35.5. The predicted octanol–water partition coefficient (Wildman–Crippen LogP) is 1.49. The zero-order chi connectivity index (χ0) is 13.8. The van der Waals surface area contributed by atoms with Crippen LogP contribution in [0.15, 0.2) is 11.0 Å². The molecule has 5 nitrogen and oxygen atoms in total. The summed E-state index contributed by atoms with van der Waals surface area (Å²) < 4.78 is 1.44. The highest BCUT2D eigenvalue weighted by molar-refractivity contribution is 6.33. The number of anilines is 1. The van der Waals surface area contributed by atoms with Gasteiger partial charge in [0, 0.05) is 25.7 Å². The van der Waals surface area contributed by atoms with E-state index in [-0.39, 0.29) is 10.6 Å². The average molecular weight is 285 g/mol. The number of likely N-dealkylation sites (N-methyl/N-ethyl adjacent to an activating group) is 1. The van der Waals surface area contributed by atoms with Crippen LogP contribution in [0.5, 0.6) is 0 Å². The molecule has 0 aliphatic carbocycles. The largest absolute Gasteiger partial charge is 0.365 e. The SMILES string of the molecule is CCCn1ncc(N(CC)C2CCNC2)c(Cl)c1=O. The van der Waals surface area contributed by atoms with Gasteiger partial charge in [-0.15, -0.1) is 0 Å². The summed E-state index contributed by atoms with van der Waals surface area (Å²) in [5, 5.41) is 7.85. The Balaban J connectivity index is 2.33. The molecule has 1 unspecified atom stereocenters. The van der Waals surface area contributed by atoms with Crippen molar-refractivity contribution >= 4 is 17.3 Å². The van der Waals surface area contributed by atoms with Gasteiger partial charge in [0.1, 0.15) is 5.02 Å². The molecule has 0 spiro atoms. The molecule has 1 N–H and O–H groups in total. The van der Waals surface area contributed by atoms with E-state index in [4.69, 9.17) is 11.6 Å². The van der Waals surface area contributed by atoms with E-state index in [2.05, 4.69) is 22.2 Å². The first-order valence-corrected chi connectivity index (χ1v) is 7.29. The molecule has 2 rings (SSSR count). The fourth-order valence-corrected chi connectivity index (χ4v) is 2.81. The highest BCUT2D eigenvalue weighted by Crippen LogP contribution is 2.24. The number of hydrogen-bond donors (Lipinski definition) is 1. The molecule has 2 heterocycles. The van der Waals surface area contributed by atoms with E-state index in [1.165, 1.54) is 4.68 Å². The minimum atomic E-state index is -0.189. The number of aryl methyl sites for hydroxylation is 1. The number of nitrogens with one attached hydrogen (secondary N) is 1. The molecule has 1 saturated heterocycles. The van der Waals surface area contributed by atoms with Crippen LogP contribution in [0.4, 0.5) is 5.69 Å². The molecule has 19 heavy (non-hydrogen) atoms. The van der Waals surface area contributed by atoms with Crippen LogP contribution in [0.3, 0.4) is 0 Å². The third-order valence-corrected chi connectivity index (χ3v) is 3.88. The summed E-state index contributed by atoms with van der Waals surface area (Å²) in [6, 6.07) is 0.394. The lowest BCUT2D eigenvalue weighted by atomic mass is 10.2. The van der Waals surface area contributed by atoms with Gasteiger partial charge in [0.15, 0.2) is 0 Å². The molecule has 1 aliphatic rings. The second-order valence-corrected chi connectivity index (χ2v) is 5.18. The second kappa shape index (κ2) is 6.39. The molecule has 1 aromatic rings. The monoisotopic (exact) mass is 284 g/mol. The Labute approximate surface area is 118 Å². The maximum atomic E-state index is 12.1. The molecule has 1 aromatic heterocycles. The Morgan fingerprint density at radius 1 is 1.58 bits per heavy atom. The minimum Gasteiger partial charge on any atom is -0.365 e. The standard InChI is InChI=1S/C13H21ClN4O/c1-3-7-18-13(19)12(14)11(9-16-18)17(4-2)10-5-6-15-8-10/h9-10,15H,3-8H2,1-2H3. The average Bonchev–Trinajstić information content (AvgIpc) is 2.92. The molecule has 106 valence electrons. The zero-order valence-corrected chi connectivity index (χ0v) is 12.3. The van der Waals surface area contributed by atoms with Gasteiger partial charge >= 0.3 is 0 Å². The minimum absolute atomic E-state index is 0.189. The molecule has 1 fully saturated rings. The first-order valence-electron chi connectivity index (χ1n) is 6.92. The van der Waals surface area contributed by atoms with Crippen molar-refractivity contribution in [3.8, 4) is 0 Å². The summed E-state index contributed by atoms with van der Waals surface area (Å²) in [6.07, 6.45) is 3.66. The van der Waals surface area contributed by atoms with Crippen LogP contribution in [0.2, 0.25) is 5.02 Å². The Morgan fingerprint density at radius 2 is 2.37 bits per heavy atom. The van der Waals surface area contributed by atoms with Crippen LogP contribution in [0.25, 0.3) is 0 Å². The highest BCUT2D eigenvalue weighted by Gasteiger charge is 2.24. The molecular weight excluding hydrogens is 264 g/mol. The molecule has 0 aromatic carbocycles. The fourth-order valence-electron chi connectivity index (χ4n) is 2.56. The lowest BCUT2D eigenvalue weighted by molar-refractivity contribution is 0.563. The molecule has 0 bridgehead atoms. The smallest absolute Gasteiger partial charge is 0.287 e. The molecule has 6 heteroatoms. The summed E-state index contributed by atoms with van der Waals surface area (Å²) in [5.41, 5.74) is 0.570. The Hall–Kier alpha value is -1.07. The van der Waals surface area contributed by atoms with Gasteiger partial charge in [0.25, 0.3) is 5.56 Å². The van der Waals surface area contributed by atoms with Gasteiger partial charge in [-0.05, 0) is 26.3 Å². The first-order chi connectivity index (χ1) is 9.19. The summed E-state index contributed by atoms with van der Waals surface area (Å²) in [5.74, 6) is 0. The van der Waals surface area contributed by atoms with Crippen molar-refractivity contribution in [2.24, 2.45) is 0 Å². The van der Waals surface area contributed by atoms with E-state index >= 15 is 0 Å². The van der Waals surface area contributed by atoms with Gasteiger partial charge in [0.2, 0.25) is 0 Å². The Kier molecular flexibility index (Phi) is 4.82. The maximum Gasteiger partial charge on any atom is 0.287 e. The summed E-state index contributed by atoms with van der Waals surface area (Å²) in [6.45, 7) is 7.47. The summed E-state index contributed by atoms with van der Waals surface area (Å²) >= 11 is 6.25. The number of halogens is 1. The lowest BCUT2D eigenvalue weighted by Crippen LogP contribution is -2.38. The Morgan fingerprint density at radius 3 is 2.95 bits per heavy atom. The van der Waals surface area contributed by atoms with E-state index in [9.17, 15) is 4.79 Å². The van der Waals surface area contributed by atoms with E-state index < -0.39 is 0 Å². The van der Waals surface area contributed by atoms with E-state index in [0.29, 0.717) is 12.6 Å². The summed E-state index contributed by atoms with van der Waals surface area (Å²) in [7, 11) is 0. The van der Waals surface area contributed by atoms with Gasteiger partial charge in [-0.3, -0.25) is 4.79 Å².